The second-order valence-corrected chi connectivity index (χ2v) is 9.98. The lowest BCUT2D eigenvalue weighted by atomic mass is 9.89. The maximum Gasteiger partial charge on any atom is 0.225 e. The molecule has 2 aromatic carbocycles. The van der Waals surface area contributed by atoms with Crippen LogP contribution in [0, 0.1) is 5.82 Å². The summed E-state index contributed by atoms with van der Waals surface area (Å²) in [6, 6.07) is 13.6. The van der Waals surface area contributed by atoms with Gasteiger partial charge < -0.3 is 9.80 Å². The number of nitrogens with zero attached hydrogens (tertiary/aromatic N) is 4. The van der Waals surface area contributed by atoms with E-state index in [1.165, 1.54) is 53.6 Å². The Kier molecular flexibility index (Phi) is 5.43. The lowest BCUT2D eigenvalue weighted by Gasteiger charge is -2.37. The van der Waals surface area contributed by atoms with Crippen LogP contribution in [0.1, 0.15) is 24.0 Å². The molecule has 0 saturated carbocycles. The molecule has 0 bridgehead atoms. The normalized spacial score (nSPS) is 16.3. The number of thiophene rings is 1. The molecule has 2 aliphatic rings. The molecule has 0 radical (unpaired) electrons. The van der Waals surface area contributed by atoms with Crippen molar-refractivity contribution in [3.05, 3.63) is 70.1 Å². The second-order valence-electron chi connectivity index (χ2n) is 8.79. The van der Waals surface area contributed by atoms with E-state index in [0.717, 1.165) is 54.3 Å². The monoisotopic (exact) mass is 478 g/mol. The van der Waals surface area contributed by atoms with Gasteiger partial charge in [-0.15, -0.1) is 11.3 Å². The predicted octanol–water partition coefficient (Wildman–Crippen LogP) is 6.36. The number of piperazine rings is 1. The molecule has 4 nitrogen and oxygen atoms in total. The van der Waals surface area contributed by atoms with Gasteiger partial charge in [0.05, 0.1) is 5.39 Å². The molecule has 1 saturated heterocycles. The van der Waals surface area contributed by atoms with Crippen molar-refractivity contribution >= 4 is 44.7 Å². The van der Waals surface area contributed by atoms with Crippen LogP contribution in [0.15, 0.2) is 47.8 Å². The highest BCUT2D eigenvalue weighted by atomic mass is 35.5. The molecule has 33 heavy (non-hydrogen) atoms. The summed E-state index contributed by atoms with van der Waals surface area (Å²) in [4.78, 5) is 14.8. The van der Waals surface area contributed by atoms with Crippen LogP contribution in [0.25, 0.3) is 21.3 Å². The van der Waals surface area contributed by atoms with E-state index in [0.29, 0.717) is 0 Å². The largest absolute Gasteiger partial charge is 0.368 e. The first-order valence-electron chi connectivity index (χ1n) is 11.5. The SMILES string of the molecule is Fc1ccc(N2CCN(c3nc(Cl)nc4scc(-c5ccc6c(c5)CCCC6)c34)CC2)cc1. The number of fused-ring (bicyclic) bond motifs is 2. The predicted molar refractivity (Wildman–Crippen MR) is 135 cm³/mol. The van der Waals surface area contributed by atoms with E-state index in [1.807, 2.05) is 12.1 Å². The van der Waals surface area contributed by atoms with Gasteiger partial charge in [-0.2, -0.15) is 4.98 Å². The molecule has 3 heterocycles. The summed E-state index contributed by atoms with van der Waals surface area (Å²) in [5.41, 5.74) is 6.44. The molecule has 0 N–H and O–H groups in total. The van der Waals surface area contributed by atoms with E-state index in [1.54, 1.807) is 11.3 Å². The van der Waals surface area contributed by atoms with Gasteiger partial charge in [0.2, 0.25) is 5.28 Å². The van der Waals surface area contributed by atoms with Gasteiger partial charge in [-0.3, -0.25) is 0 Å². The van der Waals surface area contributed by atoms with Gasteiger partial charge >= 0.3 is 0 Å². The molecule has 0 atom stereocenters. The molecular formula is C26H24ClFN4S. The van der Waals surface area contributed by atoms with Gasteiger partial charge in [-0.25, -0.2) is 9.37 Å². The first kappa shape index (κ1) is 20.9. The highest BCUT2D eigenvalue weighted by Crippen LogP contribution is 2.40. The van der Waals surface area contributed by atoms with Crippen LogP contribution in [-0.2, 0) is 12.8 Å². The van der Waals surface area contributed by atoms with Crippen molar-refractivity contribution in [2.75, 3.05) is 36.0 Å². The molecule has 7 heteroatoms. The molecule has 0 unspecified atom stereocenters. The van der Waals surface area contributed by atoms with Crippen molar-refractivity contribution in [2.24, 2.45) is 0 Å². The molecule has 0 amide bonds. The summed E-state index contributed by atoms with van der Waals surface area (Å²) in [6.45, 7) is 3.32. The Morgan fingerprint density at radius 2 is 1.58 bits per heavy atom. The van der Waals surface area contributed by atoms with Crippen molar-refractivity contribution in [1.82, 2.24) is 9.97 Å². The molecule has 2 aromatic heterocycles. The fourth-order valence-corrected chi connectivity index (χ4v) is 6.23. The van der Waals surface area contributed by atoms with Crippen molar-refractivity contribution in [2.45, 2.75) is 25.7 Å². The Morgan fingerprint density at radius 1 is 0.848 bits per heavy atom. The topological polar surface area (TPSA) is 32.3 Å². The van der Waals surface area contributed by atoms with Crippen LogP contribution < -0.4 is 9.80 Å². The first-order chi connectivity index (χ1) is 16.2. The van der Waals surface area contributed by atoms with Crippen LogP contribution in [-0.4, -0.2) is 36.1 Å². The summed E-state index contributed by atoms with van der Waals surface area (Å²) in [7, 11) is 0. The number of halogens is 2. The Labute approximate surface area is 201 Å². The van der Waals surface area contributed by atoms with Crippen molar-refractivity contribution in [3.63, 3.8) is 0 Å². The molecule has 4 aromatic rings. The average Bonchev–Trinajstić information content (AvgIpc) is 3.27. The molecule has 168 valence electrons. The quantitative estimate of drug-likeness (QED) is 0.321. The summed E-state index contributed by atoms with van der Waals surface area (Å²) in [6.07, 6.45) is 4.89. The summed E-state index contributed by atoms with van der Waals surface area (Å²) in [5, 5.41) is 3.58. The lowest BCUT2D eigenvalue weighted by Crippen LogP contribution is -2.47. The van der Waals surface area contributed by atoms with Crippen molar-refractivity contribution in [1.29, 1.82) is 0 Å². The Morgan fingerprint density at radius 3 is 2.36 bits per heavy atom. The molecule has 1 aliphatic carbocycles. The summed E-state index contributed by atoms with van der Waals surface area (Å²) in [5.74, 6) is 0.709. The maximum atomic E-state index is 13.3. The molecule has 0 spiro atoms. The number of aryl methyl sites for hydroxylation is 2. The molecule has 6 rings (SSSR count). The van der Waals surface area contributed by atoms with E-state index in [4.69, 9.17) is 16.6 Å². The van der Waals surface area contributed by atoms with Crippen LogP contribution in [0.5, 0.6) is 0 Å². The van der Waals surface area contributed by atoms with E-state index >= 15 is 0 Å². The number of rotatable bonds is 3. The van der Waals surface area contributed by atoms with E-state index in [-0.39, 0.29) is 11.1 Å². The zero-order valence-corrected chi connectivity index (χ0v) is 19.8. The number of anilines is 2. The van der Waals surface area contributed by atoms with Gasteiger partial charge in [-0.1, -0.05) is 18.2 Å². The third kappa shape index (κ3) is 3.96. The fraction of sp³-hybridized carbons (Fsp3) is 0.308. The highest BCUT2D eigenvalue weighted by Gasteiger charge is 2.24. The second kappa shape index (κ2) is 8.58. The van der Waals surface area contributed by atoms with Crippen LogP contribution >= 0.6 is 22.9 Å². The Balaban J connectivity index is 1.34. The highest BCUT2D eigenvalue weighted by molar-refractivity contribution is 7.17. The minimum Gasteiger partial charge on any atom is -0.368 e. The standard InChI is InChI=1S/C26H24ClFN4S/c27-26-29-24(32-13-11-31(12-14-32)21-9-7-20(28)8-10-21)23-22(16-33-25(23)30-26)19-6-5-17-3-1-2-4-18(17)15-19/h5-10,15-16H,1-4,11-14H2. The molecular weight excluding hydrogens is 455 g/mol. The van der Waals surface area contributed by atoms with Gasteiger partial charge in [0, 0.05) is 42.8 Å². The van der Waals surface area contributed by atoms with Crippen molar-refractivity contribution < 1.29 is 4.39 Å². The third-order valence-electron chi connectivity index (χ3n) is 6.82. The summed E-state index contributed by atoms with van der Waals surface area (Å²) < 4.78 is 13.3. The number of hydrogen-bond donors (Lipinski definition) is 0. The van der Waals surface area contributed by atoms with Gasteiger partial charge in [0.1, 0.15) is 16.5 Å². The number of benzene rings is 2. The molecule has 1 aliphatic heterocycles. The van der Waals surface area contributed by atoms with E-state index in [9.17, 15) is 4.39 Å². The van der Waals surface area contributed by atoms with Crippen LogP contribution in [0.3, 0.4) is 0 Å². The van der Waals surface area contributed by atoms with E-state index in [2.05, 4.69) is 38.4 Å². The average molecular weight is 479 g/mol. The van der Waals surface area contributed by atoms with Crippen LogP contribution in [0.4, 0.5) is 15.9 Å². The zero-order valence-electron chi connectivity index (χ0n) is 18.2. The molecule has 1 fully saturated rings. The van der Waals surface area contributed by atoms with Crippen LogP contribution in [0.2, 0.25) is 5.28 Å². The zero-order chi connectivity index (χ0) is 22.4. The maximum absolute atomic E-state index is 13.3. The van der Waals surface area contributed by atoms with Gasteiger partial charge in [0.25, 0.3) is 0 Å². The Hall–Kier alpha value is -2.70. The Bertz CT molecular complexity index is 1310. The fourth-order valence-electron chi connectivity index (χ4n) is 5.07. The lowest BCUT2D eigenvalue weighted by molar-refractivity contribution is 0.624. The summed E-state index contributed by atoms with van der Waals surface area (Å²) >= 11 is 7.97. The number of aromatic nitrogens is 2. The van der Waals surface area contributed by atoms with E-state index < -0.39 is 0 Å². The minimum atomic E-state index is -0.206. The van der Waals surface area contributed by atoms with Crippen molar-refractivity contribution in [3.8, 4) is 11.1 Å². The van der Waals surface area contributed by atoms with Gasteiger partial charge in [-0.05, 0) is 78.2 Å². The first-order valence-corrected chi connectivity index (χ1v) is 12.7. The third-order valence-corrected chi connectivity index (χ3v) is 7.86. The smallest absolute Gasteiger partial charge is 0.225 e. The number of hydrogen-bond acceptors (Lipinski definition) is 5. The minimum absolute atomic E-state index is 0.206. The van der Waals surface area contributed by atoms with Gasteiger partial charge in [0.15, 0.2) is 0 Å².